The third-order valence-electron chi connectivity index (χ3n) is 6.99. The molecule has 12 nitrogen and oxygen atoms in total. The van der Waals surface area contributed by atoms with Crippen LogP contribution >= 0.6 is 0 Å². The van der Waals surface area contributed by atoms with E-state index in [1.807, 2.05) is 36.3 Å². The third-order valence-corrected chi connectivity index (χ3v) is 6.99. The number of ether oxygens (including phenoxy) is 2. The zero-order valence-electron chi connectivity index (χ0n) is 20.8. The van der Waals surface area contributed by atoms with Crippen molar-refractivity contribution in [1.29, 1.82) is 5.26 Å². The fraction of sp³-hybridized carbons (Fsp3) is 0.269. The van der Waals surface area contributed by atoms with Crippen molar-refractivity contribution < 1.29 is 14.4 Å². The van der Waals surface area contributed by atoms with Crippen molar-refractivity contribution >= 4 is 33.9 Å². The van der Waals surface area contributed by atoms with Crippen molar-refractivity contribution in [3.63, 3.8) is 0 Å². The van der Waals surface area contributed by atoms with Gasteiger partial charge in [0.05, 0.1) is 47.2 Å². The van der Waals surface area contributed by atoms with Crippen LogP contribution in [0.25, 0.3) is 22.2 Å². The maximum absolute atomic E-state index is 11.9. The highest BCUT2D eigenvalue weighted by Gasteiger charge is 2.32. The van der Waals surface area contributed by atoms with Crippen LogP contribution in [-0.4, -0.2) is 59.4 Å². The van der Waals surface area contributed by atoms with Gasteiger partial charge in [-0.3, -0.25) is 10.1 Å². The zero-order chi connectivity index (χ0) is 26.4. The minimum atomic E-state index is -0.409. The first-order chi connectivity index (χ1) is 18.5. The van der Waals surface area contributed by atoms with Crippen LogP contribution in [0.3, 0.4) is 0 Å². The van der Waals surface area contributed by atoms with E-state index in [-0.39, 0.29) is 17.7 Å². The van der Waals surface area contributed by atoms with Gasteiger partial charge in [-0.25, -0.2) is 9.97 Å². The molecule has 1 fully saturated rings. The summed E-state index contributed by atoms with van der Waals surface area (Å²) in [5.41, 5.74) is 3.28. The highest BCUT2D eigenvalue weighted by Crippen LogP contribution is 2.41. The van der Waals surface area contributed by atoms with Crippen LogP contribution in [0, 0.1) is 21.4 Å². The smallest absolute Gasteiger partial charge is 0.294 e. The Bertz CT molecular complexity index is 1620. The molecule has 0 radical (unpaired) electrons. The lowest BCUT2D eigenvalue weighted by Crippen LogP contribution is -2.57. The van der Waals surface area contributed by atoms with Gasteiger partial charge in [-0.05, 0) is 13.1 Å². The van der Waals surface area contributed by atoms with E-state index in [0.29, 0.717) is 54.6 Å². The minimum Gasteiger partial charge on any atom is -0.494 e. The molecular formula is C26H24N8O4. The second kappa shape index (κ2) is 9.20. The zero-order valence-corrected chi connectivity index (χ0v) is 20.8. The Balaban J connectivity index is 1.41. The standard InChI is InChI=1S/C26H24N8O4/c1-28-16-12-33(13-16)20-9-23(37-2)19(8-21(20)34(35)36)30-26-29-11-15(10-27)24(31-26)18-14-32-6-7-38-22-5-3-4-17(18)25(22)32/h3-5,8-9,11,14,16,28H,6-7,12-13H2,1-2H3,(H,29,30,31). The number of rotatable bonds is 7. The summed E-state index contributed by atoms with van der Waals surface area (Å²) >= 11 is 0. The number of para-hydroxylation sites is 1. The summed E-state index contributed by atoms with van der Waals surface area (Å²) < 4.78 is 13.5. The highest BCUT2D eigenvalue weighted by molar-refractivity contribution is 5.99. The van der Waals surface area contributed by atoms with E-state index < -0.39 is 4.92 Å². The summed E-state index contributed by atoms with van der Waals surface area (Å²) in [6, 6.07) is 11.3. The molecule has 0 amide bonds. The van der Waals surface area contributed by atoms with Gasteiger partial charge in [0, 0.05) is 48.4 Å². The van der Waals surface area contributed by atoms with Gasteiger partial charge >= 0.3 is 0 Å². The minimum absolute atomic E-state index is 0.0503. The number of nitrogens with zero attached hydrogens (tertiary/aromatic N) is 6. The molecule has 192 valence electrons. The molecule has 2 N–H and O–H groups in total. The normalized spacial score (nSPS) is 14.5. The first-order valence-corrected chi connectivity index (χ1v) is 12.1. The van der Waals surface area contributed by atoms with Crippen molar-refractivity contribution in [2.45, 2.75) is 12.6 Å². The van der Waals surface area contributed by atoms with Gasteiger partial charge in [0.25, 0.3) is 5.69 Å². The molecule has 2 aliphatic heterocycles. The van der Waals surface area contributed by atoms with Crippen molar-refractivity contribution in [2.24, 2.45) is 0 Å². The number of anilines is 3. The molecule has 0 unspecified atom stereocenters. The number of nitriles is 1. The molecule has 0 spiro atoms. The summed E-state index contributed by atoms with van der Waals surface area (Å²) in [5, 5.41) is 28.9. The van der Waals surface area contributed by atoms with Gasteiger partial charge in [0.2, 0.25) is 5.95 Å². The summed E-state index contributed by atoms with van der Waals surface area (Å²) in [6.45, 7) is 2.57. The van der Waals surface area contributed by atoms with E-state index in [2.05, 4.69) is 31.2 Å². The molecule has 0 aliphatic carbocycles. The van der Waals surface area contributed by atoms with Crippen LogP contribution in [-0.2, 0) is 6.54 Å². The Labute approximate surface area is 217 Å². The van der Waals surface area contributed by atoms with Crippen molar-refractivity contribution in [3.05, 3.63) is 58.4 Å². The fourth-order valence-electron chi connectivity index (χ4n) is 4.99. The Morgan fingerprint density at radius 2 is 2.16 bits per heavy atom. The van der Waals surface area contributed by atoms with Crippen LogP contribution in [0.15, 0.2) is 42.7 Å². The van der Waals surface area contributed by atoms with E-state index in [9.17, 15) is 15.4 Å². The molecule has 0 atom stereocenters. The highest BCUT2D eigenvalue weighted by atomic mass is 16.6. The quantitative estimate of drug-likeness (QED) is 0.279. The largest absolute Gasteiger partial charge is 0.494 e. The van der Waals surface area contributed by atoms with E-state index in [4.69, 9.17) is 9.47 Å². The van der Waals surface area contributed by atoms with Crippen molar-refractivity contribution in [2.75, 3.05) is 44.1 Å². The van der Waals surface area contributed by atoms with E-state index in [0.717, 1.165) is 22.2 Å². The number of hydrogen-bond acceptors (Lipinski definition) is 10. The van der Waals surface area contributed by atoms with Gasteiger partial charge in [0.15, 0.2) is 0 Å². The SMILES string of the molecule is CNC1CN(c2cc(OC)c(Nc3ncc(C#N)c(-c4cn5c6c(cccc46)OCC5)n3)cc2[N+](=O)[O-])C1. The van der Waals surface area contributed by atoms with E-state index >= 15 is 0 Å². The van der Waals surface area contributed by atoms with Gasteiger partial charge in [0.1, 0.15) is 29.9 Å². The summed E-state index contributed by atoms with van der Waals surface area (Å²) in [7, 11) is 3.37. The van der Waals surface area contributed by atoms with Crippen molar-refractivity contribution in [1.82, 2.24) is 19.9 Å². The van der Waals surface area contributed by atoms with Gasteiger partial charge < -0.3 is 29.6 Å². The molecule has 2 aromatic heterocycles. The Kier molecular flexibility index (Phi) is 5.69. The molecular weight excluding hydrogens is 488 g/mol. The summed E-state index contributed by atoms with van der Waals surface area (Å²) in [4.78, 5) is 22.4. The third kappa shape index (κ3) is 3.80. The van der Waals surface area contributed by atoms with Crippen LogP contribution < -0.4 is 25.0 Å². The summed E-state index contributed by atoms with van der Waals surface area (Å²) in [6.07, 6.45) is 3.41. The number of hydrogen-bond donors (Lipinski definition) is 2. The summed E-state index contributed by atoms with van der Waals surface area (Å²) in [5.74, 6) is 1.38. The van der Waals surface area contributed by atoms with Crippen LogP contribution in [0.5, 0.6) is 11.5 Å². The van der Waals surface area contributed by atoms with Gasteiger partial charge in [-0.2, -0.15) is 5.26 Å². The van der Waals surface area contributed by atoms with Crippen LogP contribution in [0.1, 0.15) is 5.56 Å². The second-order valence-corrected chi connectivity index (χ2v) is 9.12. The molecule has 2 aliphatic rings. The molecule has 6 rings (SSSR count). The molecule has 2 aromatic carbocycles. The lowest BCUT2D eigenvalue weighted by atomic mass is 10.1. The van der Waals surface area contributed by atoms with E-state index in [1.54, 1.807) is 6.07 Å². The number of likely N-dealkylation sites (N-methyl/N-ethyl adjacent to an activating group) is 1. The second-order valence-electron chi connectivity index (χ2n) is 9.12. The number of benzene rings is 2. The molecule has 1 saturated heterocycles. The van der Waals surface area contributed by atoms with Gasteiger partial charge in [-0.1, -0.05) is 12.1 Å². The average Bonchev–Trinajstić information content (AvgIpc) is 3.28. The monoisotopic (exact) mass is 512 g/mol. The number of methoxy groups -OCH3 is 1. The lowest BCUT2D eigenvalue weighted by Gasteiger charge is -2.40. The first kappa shape index (κ1) is 23.5. The fourth-order valence-corrected chi connectivity index (χ4v) is 4.99. The Morgan fingerprint density at radius 3 is 2.89 bits per heavy atom. The van der Waals surface area contributed by atoms with E-state index in [1.165, 1.54) is 19.4 Å². The van der Waals surface area contributed by atoms with Crippen LogP contribution in [0.2, 0.25) is 0 Å². The first-order valence-electron chi connectivity index (χ1n) is 12.1. The number of nitrogens with one attached hydrogen (secondary N) is 2. The Morgan fingerprint density at radius 1 is 1.32 bits per heavy atom. The molecule has 12 heteroatoms. The molecule has 0 bridgehead atoms. The van der Waals surface area contributed by atoms with Gasteiger partial charge in [-0.15, -0.1) is 0 Å². The Hall–Kier alpha value is -4.89. The number of aromatic nitrogens is 3. The lowest BCUT2D eigenvalue weighted by molar-refractivity contribution is -0.384. The molecule has 4 aromatic rings. The molecule has 38 heavy (non-hydrogen) atoms. The molecule has 4 heterocycles. The molecule has 0 saturated carbocycles. The average molecular weight is 513 g/mol. The predicted molar refractivity (Wildman–Crippen MR) is 141 cm³/mol. The number of nitro benzene ring substituents is 1. The number of nitro groups is 1. The maximum Gasteiger partial charge on any atom is 0.294 e. The topological polar surface area (TPSA) is 143 Å². The van der Waals surface area contributed by atoms with Crippen molar-refractivity contribution in [3.8, 4) is 28.8 Å². The maximum atomic E-state index is 11.9. The predicted octanol–water partition coefficient (Wildman–Crippen LogP) is 3.43. The van der Waals surface area contributed by atoms with Crippen LogP contribution in [0.4, 0.5) is 23.0 Å².